The summed E-state index contributed by atoms with van der Waals surface area (Å²) < 4.78 is 10.9. The van der Waals surface area contributed by atoms with Gasteiger partial charge in [0, 0.05) is 11.5 Å². The van der Waals surface area contributed by atoms with Crippen molar-refractivity contribution in [2.75, 3.05) is 12.4 Å². The van der Waals surface area contributed by atoms with Crippen LogP contribution in [-0.4, -0.2) is 22.9 Å². The molecule has 2 aromatic carbocycles. The lowest BCUT2D eigenvalue weighted by Crippen LogP contribution is -2.14. The molecule has 4 rings (SSSR count). The van der Waals surface area contributed by atoms with Crippen molar-refractivity contribution in [1.29, 1.82) is 0 Å². The SMILES string of the molecule is COc1cc([N+](=O)[O-])ccc1NC(=O)c1cc(-c2ccc(C)o2)nc2ccccc12. The van der Waals surface area contributed by atoms with E-state index in [4.69, 9.17) is 9.15 Å². The van der Waals surface area contributed by atoms with E-state index in [1.807, 2.05) is 37.3 Å². The summed E-state index contributed by atoms with van der Waals surface area (Å²) >= 11 is 0. The second-order valence-corrected chi connectivity index (χ2v) is 6.58. The molecule has 2 aromatic heterocycles. The van der Waals surface area contributed by atoms with Crippen LogP contribution in [-0.2, 0) is 0 Å². The number of hydrogen-bond donors (Lipinski definition) is 1. The van der Waals surface area contributed by atoms with Crippen molar-refractivity contribution in [2.45, 2.75) is 6.92 Å². The van der Waals surface area contributed by atoms with Crippen LogP contribution in [0.5, 0.6) is 5.75 Å². The van der Waals surface area contributed by atoms with E-state index < -0.39 is 10.8 Å². The molecule has 0 aliphatic rings. The molecule has 8 heteroatoms. The Balaban J connectivity index is 1.77. The maximum Gasteiger partial charge on any atom is 0.273 e. The number of non-ortho nitro benzene ring substituents is 1. The third kappa shape index (κ3) is 3.58. The topological polar surface area (TPSA) is 108 Å². The number of aryl methyl sites for hydroxylation is 1. The Hall–Kier alpha value is -4.20. The van der Waals surface area contributed by atoms with Crippen molar-refractivity contribution in [3.8, 4) is 17.2 Å². The van der Waals surface area contributed by atoms with E-state index in [9.17, 15) is 14.9 Å². The van der Waals surface area contributed by atoms with Gasteiger partial charge in [0.25, 0.3) is 11.6 Å². The predicted octanol–water partition coefficient (Wildman–Crippen LogP) is 4.97. The van der Waals surface area contributed by atoms with Crippen LogP contribution in [0.2, 0.25) is 0 Å². The van der Waals surface area contributed by atoms with Crippen molar-refractivity contribution in [2.24, 2.45) is 0 Å². The average molecular weight is 403 g/mol. The molecule has 4 aromatic rings. The summed E-state index contributed by atoms with van der Waals surface area (Å²) in [4.78, 5) is 28.2. The van der Waals surface area contributed by atoms with Crippen molar-refractivity contribution < 1.29 is 18.9 Å². The second kappa shape index (κ2) is 7.67. The van der Waals surface area contributed by atoms with Crippen molar-refractivity contribution in [1.82, 2.24) is 4.98 Å². The zero-order chi connectivity index (χ0) is 21.3. The smallest absolute Gasteiger partial charge is 0.273 e. The third-order valence-corrected chi connectivity index (χ3v) is 4.60. The lowest BCUT2D eigenvalue weighted by Gasteiger charge is -2.12. The van der Waals surface area contributed by atoms with Gasteiger partial charge in [-0.2, -0.15) is 0 Å². The lowest BCUT2D eigenvalue weighted by molar-refractivity contribution is -0.384. The highest BCUT2D eigenvalue weighted by molar-refractivity contribution is 6.13. The molecule has 0 fully saturated rings. The van der Waals surface area contributed by atoms with Gasteiger partial charge in [0.15, 0.2) is 5.76 Å². The van der Waals surface area contributed by atoms with Crippen molar-refractivity contribution in [3.05, 3.63) is 82.1 Å². The van der Waals surface area contributed by atoms with E-state index in [1.165, 1.54) is 25.3 Å². The summed E-state index contributed by atoms with van der Waals surface area (Å²) in [5.41, 5.74) is 1.76. The first-order valence-electron chi connectivity index (χ1n) is 9.06. The molecule has 0 saturated carbocycles. The van der Waals surface area contributed by atoms with E-state index in [2.05, 4.69) is 10.3 Å². The average Bonchev–Trinajstić information content (AvgIpc) is 3.19. The molecule has 0 radical (unpaired) electrons. The van der Waals surface area contributed by atoms with Crippen LogP contribution < -0.4 is 10.1 Å². The number of nitro benzene ring substituents is 1. The number of rotatable bonds is 5. The monoisotopic (exact) mass is 403 g/mol. The number of ether oxygens (including phenoxy) is 1. The molecule has 0 unspecified atom stereocenters. The predicted molar refractivity (Wildman–Crippen MR) is 112 cm³/mol. The Bertz CT molecular complexity index is 1280. The van der Waals surface area contributed by atoms with Gasteiger partial charge in [-0.3, -0.25) is 14.9 Å². The van der Waals surface area contributed by atoms with Gasteiger partial charge >= 0.3 is 0 Å². The van der Waals surface area contributed by atoms with Crippen LogP contribution in [0, 0.1) is 17.0 Å². The molecule has 1 N–H and O–H groups in total. The molecular weight excluding hydrogens is 386 g/mol. The lowest BCUT2D eigenvalue weighted by atomic mass is 10.1. The molecule has 0 aliphatic carbocycles. The number of nitrogens with zero attached hydrogens (tertiary/aromatic N) is 2. The molecule has 0 atom stereocenters. The Morgan fingerprint density at radius 3 is 2.63 bits per heavy atom. The number of benzene rings is 2. The quantitative estimate of drug-likeness (QED) is 0.372. The van der Waals surface area contributed by atoms with Crippen LogP contribution in [0.15, 0.2) is 65.1 Å². The Morgan fingerprint density at radius 1 is 1.13 bits per heavy atom. The minimum absolute atomic E-state index is 0.130. The number of furan rings is 1. The van der Waals surface area contributed by atoms with Crippen LogP contribution in [0.3, 0.4) is 0 Å². The number of fused-ring (bicyclic) bond motifs is 1. The summed E-state index contributed by atoms with van der Waals surface area (Å²) in [6.07, 6.45) is 0. The minimum atomic E-state index is -0.526. The number of methoxy groups -OCH3 is 1. The summed E-state index contributed by atoms with van der Waals surface area (Å²) in [5.74, 6) is 1.09. The molecular formula is C22H17N3O5. The maximum absolute atomic E-state index is 13.1. The Kier molecular flexibility index (Phi) is 4.89. The first kappa shape index (κ1) is 19.1. The van der Waals surface area contributed by atoms with Gasteiger partial charge in [0.05, 0.1) is 34.9 Å². The third-order valence-electron chi connectivity index (χ3n) is 4.60. The number of nitrogens with one attached hydrogen (secondary N) is 1. The van der Waals surface area contributed by atoms with Crippen LogP contribution >= 0.6 is 0 Å². The van der Waals surface area contributed by atoms with Crippen LogP contribution in [0.4, 0.5) is 11.4 Å². The fourth-order valence-corrected chi connectivity index (χ4v) is 3.15. The number of amides is 1. The molecule has 1 amide bonds. The highest BCUT2D eigenvalue weighted by atomic mass is 16.6. The fourth-order valence-electron chi connectivity index (χ4n) is 3.15. The van der Waals surface area contributed by atoms with E-state index in [0.29, 0.717) is 33.6 Å². The summed E-state index contributed by atoms with van der Waals surface area (Å²) in [5, 5.41) is 14.4. The normalized spacial score (nSPS) is 10.7. The van der Waals surface area contributed by atoms with E-state index in [0.717, 1.165) is 5.76 Å². The molecule has 0 spiro atoms. The molecule has 0 bridgehead atoms. The number of carbonyl (C=O) groups is 1. The summed E-state index contributed by atoms with van der Waals surface area (Å²) in [7, 11) is 1.38. The standard InChI is InChI=1S/C22H17N3O5/c1-13-7-10-20(30-13)19-12-16(15-5-3-4-6-17(15)23-19)22(26)24-18-9-8-14(25(27)28)11-21(18)29-2/h3-12H,1-2H3,(H,24,26). The number of para-hydroxylation sites is 1. The molecule has 8 nitrogen and oxygen atoms in total. The molecule has 2 heterocycles. The summed E-state index contributed by atoms with van der Waals surface area (Å²) in [6.45, 7) is 1.83. The molecule has 0 saturated heterocycles. The zero-order valence-electron chi connectivity index (χ0n) is 16.2. The van der Waals surface area contributed by atoms with Gasteiger partial charge in [0.2, 0.25) is 0 Å². The van der Waals surface area contributed by atoms with Gasteiger partial charge in [-0.1, -0.05) is 18.2 Å². The molecule has 30 heavy (non-hydrogen) atoms. The number of anilines is 1. The van der Waals surface area contributed by atoms with Crippen LogP contribution in [0.25, 0.3) is 22.4 Å². The highest BCUT2D eigenvalue weighted by Crippen LogP contribution is 2.31. The maximum atomic E-state index is 13.1. The van der Waals surface area contributed by atoms with Gasteiger partial charge in [-0.05, 0) is 37.3 Å². The number of pyridine rings is 1. The first-order chi connectivity index (χ1) is 14.5. The van der Waals surface area contributed by atoms with Gasteiger partial charge in [-0.25, -0.2) is 4.98 Å². The first-order valence-corrected chi connectivity index (χ1v) is 9.06. The van der Waals surface area contributed by atoms with Gasteiger partial charge in [-0.15, -0.1) is 0 Å². The van der Waals surface area contributed by atoms with Gasteiger partial charge in [0.1, 0.15) is 17.2 Å². The van der Waals surface area contributed by atoms with Gasteiger partial charge < -0.3 is 14.5 Å². The summed E-state index contributed by atoms with van der Waals surface area (Å²) in [6, 6.07) is 16.6. The minimum Gasteiger partial charge on any atom is -0.494 e. The van der Waals surface area contributed by atoms with Crippen LogP contribution in [0.1, 0.15) is 16.1 Å². The largest absolute Gasteiger partial charge is 0.494 e. The Labute approximate surface area is 171 Å². The van der Waals surface area contributed by atoms with Crippen molar-refractivity contribution in [3.63, 3.8) is 0 Å². The van der Waals surface area contributed by atoms with E-state index >= 15 is 0 Å². The van der Waals surface area contributed by atoms with E-state index in [-0.39, 0.29) is 11.4 Å². The number of aromatic nitrogens is 1. The highest BCUT2D eigenvalue weighted by Gasteiger charge is 2.18. The fraction of sp³-hybridized carbons (Fsp3) is 0.0909. The number of nitro groups is 1. The Morgan fingerprint density at radius 2 is 1.93 bits per heavy atom. The molecule has 0 aliphatic heterocycles. The number of carbonyl (C=O) groups excluding carboxylic acids is 1. The molecule has 150 valence electrons. The van der Waals surface area contributed by atoms with E-state index in [1.54, 1.807) is 12.1 Å². The van der Waals surface area contributed by atoms with Crippen molar-refractivity contribution >= 4 is 28.2 Å². The zero-order valence-corrected chi connectivity index (χ0v) is 16.2. The number of hydrogen-bond acceptors (Lipinski definition) is 6. The second-order valence-electron chi connectivity index (χ2n) is 6.58.